The van der Waals surface area contributed by atoms with Gasteiger partial charge in [0.15, 0.2) is 5.84 Å². The largest absolute Gasteiger partial charge is 0.409 e. The minimum atomic E-state index is 0.124. The number of hydrogen-bond donors (Lipinski definition) is 2. The molecule has 0 spiro atoms. The van der Waals surface area contributed by atoms with Gasteiger partial charge in [-0.3, -0.25) is 0 Å². The summed E-state index contributed by atoms with van der Waals surface area (Å²) in [4.78, 5) is 0.979. The number of oxime groups is 1. The lowest BCUT2D eigenvalue weighted by Gasteiger charge is -2.07. The highest BCUT2D eigenvalue weighted by molar-refractivity contribution is 7.98. The van der Waals surface area contributed by atoms with E-state index in [0.29, 0.717) is 0 Å². The SMILES string of the molecule is N/C(=N/O)c1ccccc1SCc1ccc(Cl)cc1. The third-order valence-corrected chi connectivity index (χ3v) is 3.97. The quantitative estimate of drug-likeness (QED) is 0.297. The number of benzene rings is 2. The summed E-state index contributed by atoms with van der Waals surface area (Å²) in [6.45, 7) is 0. The van der Waals surface area contributed by atoms with Crippen LogP contribution in [0.1, 0.15) is 11.1 Å². The predicted molar refractivity (Wildman–Crippen MR) is 80.0 cm³/mol. The van der Waals surface area contributed by atoms with E-state index in [1.807, 2.05) is 48.5 Å². The van der Waals surface area contributed by atoms with Gasteiger partial charge in [0.05, 0.1) is 0 Å². The minimum absolute atomic E-state index is 0.124. The van der Waals surface area contributed by atoms with Crippen molar-refractivity contribution in [2.45, 2.75) is 10.6 Å². The molecule has 98 valence electrons. The van der Waals surface area contributed by atoms with Crippen molar-refractivity contribution in [3.8, 4) is 0 Å². The van der Waals surface area contributed by atoms with E-state index < -0.39 is 0 Å². The lowest BCUT2D eigenvalue weighted by Crippen LogP contribution is -2.14. The van der Waals surface area contributed by atoms with Gasteiger partial charge in [-0.1, -0.05) is 47.1 Å². The number of thioether (sulfide) groups is 1. The molecule has 19 heavy (non-hydrogen) atoms. The van der Waals surface area contributed by atoms with E-state index in [-0.39, 0.29) is 5.84 Å². The molecule has 0 aromatic heterocycles. The second-order valence-electron chi connectivity index (χ2n) is 3.90. The summed E-state index contributed by atoms with van der Waals surface area (Å²) in [6, 6.07) is 15.3. The van der Waals surface area contributed by atoms with Crippen LogP contribution in [0.4, 0.5) is 0 Å². The van der Waals surface area contributed by atoms with Gasteiger partial charge in [0, 0.05) is 21.2 Å². The van der Waals surface area contributed by atoms with Gasteiger partial charge in [-0.2, -0.15) is 0 Å². The van der Waals surface area contributed by atoms with Crippen molar-refractivity contribution in [1.29, 1.82) is 0 Å². The summed E-state index contributed by atoms with van der Waals surface area (Å²) in [6.07, 6.45) is 0. The Morgan fingerprint density at radius 2 is 1.84 bits per heavy atom. The van der Waals surface area contributed by atoms with Crippen molar-refractivity contribution in [3.05, 3.63) is 64.7 Å². The van der Waals surface area contributed by atoms with Crippen LogP contribution in [0.5, 0.6) is 0 Å². The monoisotopic (exact) mass is 292 g/mol. The summed E-state index contributed by atoms with van der Waals surface area (Å²) >= 11 is 7.48. The van der Waals surface area contributed by atoms with Gasteiger partial charge < -0.3 is 10.9 Å². The molecule has 3 nitrogen and oxygen atoms in total. The van der Waals surface area contributed by atoms with Crippen LogP contribution in [-0.4, -0.2) is 11.0 Å². The van der Waals surface area contributed by atoms with Crippen LogP contribution in [0.15, 0.2) is 58.6 Å². The maximum atomic E-state index is 8.77. The molecule has 0 saturated carbocycles. The number of amidine groups is 1. The zero-order chi connectivity index (χ0) is 13.7. The molecule has 0 radical (unpaired) electrons. The Morgan fingerprint density at radius 1 is 1.16 bits per heavy atom. The second kappa shape index (κ2) is 6.50. The van der Waals surface area contributed by atoms with Crippen molar-refractivity contribution in [3.63, 3.8) is 0 Å². The fourth-order valence-electron chi connectivity index (χ4n) is 1.60. The lowest BCUT2D eigenvalue weighted by atomic mass is 10.2. The molecule has 2 aromatic carbocycles. The molecule has 0 atom stereocenters. The molecule has 0 amide bonds. The molecule has 0 unspecified atom stereocenters. The molecular weight excluding hydrogens is 280 g/mol. The highest BCUT2D eigenvalue weighted by Crippen LogP contribution is 2.26. The molecule has 0 bridgehead atoms. The number of nitrogens with two attached hydrogens (primary N) is 1. The van der Waals surface area contributed by atoms with Gasteiger partial charge >= 0.3 is 0 Å². The molecule has 0 heterocycles. The summed E-state index contributed by atoms with van der Waals surface area (Å²) in [5.74, 6) is 0.923. The Morgan fingerprint density at radius 3 is 2.53 bits per heavy atom. The average molecular weight is 293 g/mol. The van der Waals surface area contributed by atoms with Crippen LogP contribution >= 0.6 is 23.4 Å². The molecule has 0 aliphatic carbocycles. The number of halogens is 1. The molecule has 0 aliphatic rings. The van der Waals surface area contributed by atoms with Crippen molar-refractivity contribution in [2.24, 2.45) is 10.9 Å². The summed E-state index contributed by atoms with van der Waals surface area (Å²) in [7, 11) is 0. The van der Waals surface area contributed by atoms with Gasteiger partial charge in [0.25, 0.3) is 0 Å². The number of nitrogens with zero attached hydrogens (tertiary/aromatic N) is 1. The first kappa shape index (κ1) is 13.8. The highest BCUT2D eigenvalue weighted by Gasteiger charge is 2.06. The average Bonchev–Trinajstić information content (AvgIpc) is 2.46. The van der Waals surface area contributed by atoms with Crippen LogP contribution in [0, 0.1) is 0 Å². The van der Waals surface area contributed by atoms with Crippen LogP contribution in [-0.2, 0) is 5.75 Å². The van der Waals surface area contributed by atoms with Crippen molar-refractivity contribution in [1.82, 2.24) is 0 Å². The Kier molecular flexibility index (Phi) is 4.71. The molecule has 0 saturated heterocycles. The van der Waals surface area contributed by atoms with Gasteiger partial charge in [-0.15, -0.1) is 11.8 Å². The highest BCUT2D eigenvalue weighted by atomic mass is 35.5. The fourth-order valence-corrected chi connectivity index (χ4v) is 2.74. The molecular formula is C14H13ClN2OS. The van der Waals surface area contributed by atoms with Crippen LogP contribution in [0.25, 0.3) is 0 Å². The number of hydrogen-bond acceptors (Lipinski definition) is 3. The van der Waals surface area contributed by atoms with E-state index in [1.54, 1.807) is 11.8 Å². The van der Waals surface area contributed by atoms with E-state index in [4.69, 9.17) is 22.5 Å². The van der Waals surface area contributed by atoms with Crippen molar-refractivity contribution >= 4 is 29.2 Å². The van der Waals surface area contributed by atoms with Gasteiger partial charge in [0.2, 0.25) is 0 Å². The molecule has 2 aromatic rings. The van der Waals surface area contributed by atoms with E-state index in [2.05, 4.69) is 5.16 Å². The number of rotatable bonds is 4. The Labute approximate surface area is 121 Å². The Bertz CT molecular complexity index is 584. The standard InChI is InChI=1S/C14H13ClN2OS/c15-11-7-5-10(6-8-11)9-19-13-4-2-1-3-12(13)14(16)17-18/h1-8,18H,9H2,(H2,16,17). The summed E-state index contributed by atoms with van der Waals surface area (Å²) in [5, 5.41) is 12.5. The first-order valence-electron chi connectivity index (χ1n) is 5.65. The van der Waals surface area contributed by atoms with Gasteiger partial charge in [-0.05, 0) is 23.8 Å². The minimum Gasteiger partial charge on any atom is -0.409 e. The topological polar surface area (TPSA) is 58.6 Å². The van der Waals surface area contributed by atoms with Crippen LogP contribution < -0.4 is 5.73 Å². The van der Waals surface area contributed by atoms with Crippen molar-refractivity contribution in [2.75, 3.05) is 0 Å². The van der Waals surface area contributed by atoms with E-state index in [1.165, 1.54) is 5.56 Å². The molecule has 5 heteroatoms. The van der Waals surface area contributed by atoms with E-state index >= 15 is 0 Å². The second-order valence-corrected chi connectivity index (χ2v) is 5.35. The molecule has 0 aliphatic heterocycles. The first-order valence-corrected chi connectivity index (χ1v) is 7.01. The third-order valence-electron chi connectivity index (χ3n) is 2.58. The zero-order valence-corrected chi connectivity index (χ0v) is 11.7. The summed E-state index contributed by atoms with van der Waals surface area (Å²) < 4.78 is 0. The molecule has 2 rings (SSSR count). The third kappa shape index (κ3) is 3.66. The van der Waals surface area contributed by atoms with Gasteiger partial charge in [0.1, 0.15) is 0 Å². The lowest BCUT2D eigenvalue weighted by molar-refractivity contribution is 0.318. The molecule has 3 N–H and O–H groups in total. The first-order chi connectivity index (χ1) is 9.20. The van der Waals surface area contributed by atoms with Crippen LogP contribution in [0.2, 0.25) is 5.02 Å². The maximum absolute atomic E-state index is 8.77. The van der Waals surface area contributed by atoms with Crippen LogP contribution in [0.3, 0.4) is 0 Å². The summed E-state index contributed by atoms with van der Waals surface area (Å²) in [5.41, 5.74) is 7.56. The normalized spacial score (nSPS) is 11.5. The molecule has 0 fully saturated rings. The Hall–Kier alpha value is -1.65. The fraction of sp³-hybridized carbons (Fsp3) is 0.0714. The van der Waals surface area contributed by atoms with Gasteiger partial charge in [-0.25, -0.2) is 0 Å². The van der Waals surface area contributed by atoms with E-state index in [0.717, 1.165) is 21.2 Å². The van der Waals surface area contributed by atoms with Crippen molar-refractivity contribution < 1.29 is 5.21 Å². The zero-order valence-electron chi connectivity index (χ0n) is 10.1. The Balaban J connectivity index is 2.13. The smallest absolute Gasteiger partial charge is 0.171 e. The van der Waals surface area contributed by atoms with E-state index in [9.17, 15) is 0 Å². The maximum Gasteiger partial charge on any atom is 0.171 e. The predicted octanol–water partition coefficient (Wildman–Crippen LogP) is 3.73.